The third-order valence-electron chi connectivity index (χ3n) is 12.8. The molecule has 0 aliphatic heterocycles. The van der Waals surface area contributed by atoms with Crippen LogP contribution in [0.4, 0.5) is 0 Å². The van der Waals surface area contributed by atoms with E-state index in [4.69, 9.17) is 28.7 Å². The highest BCUT2D eigenvalue weighted by atomic mass is 32.2. The predicted molar refractivity (Wildman–Crippen MR) is 315 cm³/mol. The average Bonchev–Trinajstić information content (AvgIpc) is 4.18. The summed E-state index contributed by atoms with van der Waals surface area (Å²) >= 11 is 0.685. The van der Waals surface area contributed by atoms with Crippen molar-refractivity contribution >= 4 is 107 Å². The zero-order valence-corrected chi connectivity index (χ0v) is 50.8. The number of aliphatic hydroxyl groups is 2. The third kappa shape index (κ3) is 31.6. The molecule has 90 heavy (non-hydrogen) atoms. The summed E-state index contributed by atoms with van der Waals surface area (Å²) in [4.78, 5) is 205. The number of aliphatic imine (C=N–C) groups is 1. The van der Waals surface area contributed by atoms with Crippen LogP contribution in [0.3, 0.4) is 0 Å². The maximum atomic E-state index is 14.2. The number of carbonyl (C=O) groups is 15. The van der Waals surface area contributed by atoms with Gasteiger partial charge in [0.15, 0.2) is 5.96 Å². The molecular weight excluding hydrogens is 1220 g/mol. The molecule has 0 saturated heterocycles. The first-order valence-electron chi connectivity index (χ1n) is 28.1. The number of hydrogen-bond acceptors (Lipinski definition) is 21. The first kappa shape index (κ1) is 78.8. The van der Waals surface area contributed by atoms with Crippen LogP contribution in [-0.2, 0) is 78.3 Å². The number of aromatic nitrogens is 2. The van der Waals surface area contributed by atoms with Gasteiger partial charge in [-0.15, -0.1) is 11.8 Å². The summed E-state index contributed by atoms with van der Waals surface area (Å²) in [5.74, 6) is -18.5. The van der Waals surface area contributed by atoms with Crippen LogP contribution in [0.5, 0.6) is 0 Å². The van der Waals surface area contributed by atoms with Crippen molar-refractivity contribution in [2.24, 2.45) is 33.7 Å². The first-order valence-corrected chi connectivity index (χ1v) is 29.2. The van der Waals surface area contributed by atoms with Crippen molar-refractivity contribution in [2.75, 3.05) is 24.6 Å². The van der Waals surface area contributed by atoms with Gasteiger partial charge in [0.25, 0.3) is 0 Å². The topological polar surface area (TPSA) is 649 Å². The van der Waals surface area contributed by atoms with Gasteiger partial charge in [-0.1, -0.05) is 0 Å². The Morgan fingerprint density at radius 3 is 1.41 bits per heavy atom. The molecular formula is C51H84N18O20S. The van der Waals surface area contributed by atoms with Crippen molar-refractivity contribution in [1.29, 1.82) is 0 Å². The van der Waals surface area contributed by atoms with Crippen molar-refractivity contribution in [2.45, 2.75) is 177 Å². The summed E-state index contributed by atoms with van der Waals surface area (Å²) in [5, 5.41) is 72.7. The fraction of sp³-hybridized carbons (Fsp3) is 0.627. The van der Waals surface area contributed by atoms with Crippen molar-refractivity contribution in [3.8, 4) is 0 Å². The fourth-order valence-corrected chi connectivity index (χ4v) is 8.79. The number of aliphatic carboxylic acids is 3. The number of guanidine groups is 1. The fourth-order valence-electron chi connectivity index (χ4n) is 8.03. The second-order valence-corrected chi connectivity index (χ2v) is 21.5. The Labute approximate surface area is 519 Å². The number of imidazole rings is 1. The molecule has 1 aromatic heterocycles. The van der Waals surface area contributed by atoms with Gasteiger partial charge in [-0.2, -0.15) is 0 Å². The SMILES string of the molecule is CC(=O)N[C@@H](CCCN=C(N)N)C(=O)N[C@H](C(=O)N[C@@H](CCC(N)=O)C(=O)N[C@@H](CCC(=O)O)C(=O)N[C@@H](Cc1cnc[nH]1)C(=O)N[C@H](C(=O)N[C@@H](C)C(=O)N[C@@H](CCC(=O)O)C(=O)N[C@@H](CSCC(=O)O)C(=O)N[C@@H](CCCCN)C(N)=O)[C@@H](C)O)[C@@H](C)O. The maximum Gasteiger partial charge on any atom is 0.313 e. The lowest BCUT2D eigenvalue weighted by atomic mass is 10.0. The number of aliphatic hydroxyl groups excluding tert-OH is 2. The van der Waals surface area contributed by atoms with Crippen LogP contribution in [0, 0.1) is 0 Å². The molecule has 0 bridgehead atoms. The van der Waals surface area contributed by atoms with Crippen LogP contribution in [0.25, 0.3) is 0 Å². The molecule has 504 valence electrons. The molecule has 39 heteroatoms. The van der Waals surface area contributed by atoms with Crippen LogP contribution in [-0.4, -0.2) is 227 Å². The van der Waals surface area contributed by atoms with Gasteiger partial charge in [0.1, 0.15) is 60.4 Å². The van der Waals surface area contributed by atoms with Gasteiger partial charge in [-0.05, 0) is 78.7 Å². The number of nitrogens with zero attached hydrogens (tertiary/aromatic N) is 2. The molecule has 26 N–H and O–H groups in total. The Balaban J connectivity index is 3.53. The van der Waals surface area contributed by atoms with E-state index >= 15 is 0 Å². The molecule has 1 rings (SSSR count). The standard InChI is InChI=1S/C51H84N18O20S/c1-23(42(81)63-31(11-14-36(74)75)45(84)67-34(20-90-21-38(78)79)48(87)62-28(41(54)80)8-5-6-16-52)60-49(88)39(24(2)70)69-47(86)33(18-27-19-57-22-59-27)66-44(83)32(12-15-37(76)77)64-43(82)30(10-13-35(53)73)65-50(89)40(25(3)71)68-46(85)29(61-26(4)72)9-7-17-58-51(55)56/h19,22-25,28-34,39-40,70-71H,5-18,20-21,52H2,1-4H3,(H2,53,73)(H2,54,80)(H,57,59)(H,60,88)(H,61,72)(H,62,87)(H,63,81)(H,64,82)(H,65,89)(H,66,83)(H,67,84)(H,68,85)(H,69,86)(H,74,75)(H,76,77)(H,78,79)(H4,55,56,58)/t23-,24+,25+,28-,29-,30-,31-,32-,33-,34-,39-,40-/m0/s1. The Kier molecular flexibility index (Phi) is 35.9. The summed E-state index contributed by atoms with van der Waals surface area (Å²) in [5.41, 5.74) is 27.2. The number of H-pyrrole nitrogens is 1. The van der Waals surface area contributed by atoms with E-state index in [1.54, 1.807) is 0 Å². The number of aromatic amines is 1. The number of thioether (sulfide) groups is 1. The van der Waals surface area contributed by atoms with Crippen molar-refractivity contribution < 1.29 is 97.5 Å². The molecule has 0 unspecified atom stereocenters. The number of rotatable bonds is 45. The molecule has 0 spiro atoms. The maximum absolute atomic E-state index is 14.2. The van der Waals surface area contributed by atoms with Crippen LogP contribution in [0.15, 0.2) is 17.5 Å². The van der Waals surface area contributed by atoms with Gasteiger partial charge in [0.05, 0.1) is 24.3 Å². The van der Waals surface area contributed by atoms with Gasteiger partial charge >= 0.3 is 17.9 Å². The number of hydrogen-bond donors (Lipinski definition) is 21. The predicted octanol–water partition coefficient (Wildman–Crippen LogP) is -8.92. The largest absolute Gasteiger partial charge is 0.481 e. The minimum absolute atomic E-state index is 0.0462. The molecule has 0 aromatic carbocycles. The number of nitrogens with one attached hydrogen (secondary N) is 11. The average molecular weight is 1300 g/mol. The van der Waals surface area contributed by atoms with Crippen LogP contribution < -0.4 is 81.8 Å². The van der Waals surface area contributed by atoms with Crippen LogP contribution in [0.1, 0.15) is 104 Å². The second kappa shape index (κ2) is 41.1. The summed E-state index contributed by atoms with van der Waals surface area (Å²) in [6, 6.07) is -16.8. The second-order valence-electron chi connectivity index (χ2n) is 20.5. The van der Waals surface area contributed by atoms with Gasteiger partial charge in [0.2, 0.25) is 70.9 Å². The number of nitrogens with two attached hydrogens (primary N) is 5. The highest BCUT2D eigenvalue weighted by Gasteiger charge is 2.37. The van der Waals surface area contributed by atoms with Gasteiger partial charge < -0.3 is 112 Å². The smallest absolute Gasteiger partial charge is 0.313 e. The quantitative estimate of drug-likeness (QED) is 0.0164. The van der Waals surface area contributed by atoms with Crippen molar-refractivity contribution in [3.63, 3.8) is 0 Å². The third-order valence-corrected chi connectivity index (χ3v) is 13.8. The van der Waals surface area contributed by atoms with Crippen molar-refractivity contribution in [1.82, 2.24) is 63.1 Å². The molecule has 12 amide bonds. The van der Waals surface area contributed by atoms with Crippen LogP contribution in [0.2, 0.25) is 0 Å². The minimum atomic E-state index is -1.97. The number of primary amides is 2. The van der Waals surface area contributed by atoms with E-state index in [1.165, 1.54) is 12.5 Å². The van der Waals surface area contributed by atoms with E-state index in [1.807, 2.05) is 0 Å². The van der Waals surface area contributed by atoms with Crippen molar-refractivity contribution in [3.05, 3.63) is 18.2 Å². The Hall–Kier alpha value is -9.24. The zero-order valence-electron chi connectivity index (χ0n) is 49.9. The summed E-state index contributed by atoms with van der Waals surface area (Å²) < 4.78 is 0. The molecule has 0 aliphatic rings. The van der Waals surface area contributed by atoms with Gasteiger partial charge in [0, 0.05) is 56.8 Å². The van der Waals surface area contributed by atoms with E-state index in [9.17, 15) is 97.5 Å². The highest BCUT2D eigenvalue weighted by Crippen LogP contribution is 2.11. The van der Waals surface area contributed by atoms with E-state index in [0.717, 1.165) is 27.7 Å². The lowest BCUT2D eigenvalue weighted by Crippen LogP contribution is -2.62. The lowest BCUT2D eigenvalue weighted by molar-refractivity contribution is -0.139. The minimum Gasteiger partial charge on any atom is -0.481 e. The van der Waals surface area contributed by atoms with Gasteiger partial charge in [-0.3, -0.25) is 76.9 Å². The number of carboxylic acids is 3. The molecule has 0 radical (unpaired) electrons. The summed E-state index contributed by atoms with van der Waals surface area (Å²) in [6.45, 7) is 4.64. The Morgan fingerprint density at radius 1 is 0.522 bits per heavy atom. The van der Waals surface area contributed by atoms with E-state index in [2.05, 4.69) is 68.1 Å². The van der Waals surface area contributed by atoms with E-state index in [0.29, 0.717) is 24.6 Å². The molecule has 0 aliphatic carbocycles. The first-order chi connectivity index (χ1) is 42.2. The molecule has 1 aromatic rings. The normalized spacial score (nSPS) is 14.9. The lowest BCUT2D eigenvalue weighted by Gasteiger charge is -2.28. The molecule has 38 nitrogen and oxygen atoms in total. The summed E-state index contributed by atoms with van der Waals surface area (Å²) in [7, 11) is 0. The monoisotopic (exact) mass is 1300 g/mol. The van der Waals surface area contributed by atoms with Crippen LogP contribution >= 0.6 is 11.8 Å². The van der Waals surface area contributed by atoms with Gasteiger partial charge in [-0.25, -0.2) is 4.98 Å². The number of carbonyl (C=O) groups excluding carboxylic acids is 12. The highest BCUT2D eigenvalue weighted by molar-refractivity contribution is 8.00. The number of amides is 12. The van der Waals surface area contributed by atoms with E-state index < -0.39 is 218 Å². The molecule has 12 atom stereocenters. The summed E-state index contributed by atoms with van der Waals surface area (Å²) in [6.07, 6.45) is -4.61. The Morgan fingerprint density at radius 2 is 0.956 bits per heavy atom. The molecule has 1 heterocycles. The van der Waals surface area contributed by atoms with E-state index in [-0.39, 0.29) is 44.0 Å². The molecule has 0 saturated carbocycles. The number of carboxylic acid groups (broad SMARTS) is 3. The Bertz CT molecular complexity index is 2680. The zero-order chi connectivity index (χ0) is 68.4. The number of unbranched alkanes of at least 4 members (excludes halogenated alkanes) is 1. The molecule has 0 fully saturated rings.